The Kier molecular flexibility index (Phi) is 5.46. The number of nitriles is 1. The summed E-state index contributed by atoms with van der Waals surface area (Å²) in [6, 6.07) is 15.0. The lowest BCUT2D eigenvalue weighted by molar-refractivity contribution is -0.137. The zero-order valence-corrected chi connectivity index (χ0v) is 16.1. The third kappa shape index (κ3) is 4.31. The van der Waals surface area contributed by atoms with Crippen molar-refractivity contribution in [1.82, 2.24) is 9.88 Å². The molecule has 5 nitrogen and oxygen atoms in total. The number of hydrogen-bond acceptors (Lipinski definition) is 5. The van der Waals surface area contributed by atoms with Gasteiger partial charge in [0.05, 0.1) is 23.4 Å². The van der Waals surface area contributed by atoms with Crippen molar-refractivity contribution in [3.8, 4) is 17.3 Å². The average Bonchev–Trinajstić information content (AvgIpc) is 3.22. The fourth-order valence-corrected chi connectivity index (χ4v) is 3.54. The maximum atomic E-state index is 12.9. The number of anilines is 1. The highest BCUT2D eigenvalue weighted by atomic mass is 19.4. The largest absolute Gasteiger partial charge is 0.447 e. The molecule has 3 aromatic rings. The summed E-state index contributed by atoms with van der Waals surface area (Å²) in [6.07, 6.45) is -2.82. The summed E-state index contributed by atoms with van der Waals surface area (Å²) in [5, 5.41) is 9.31. The first-order valence-electron chi connectivity index (χ1n) is 9.52. The fraction of sp³-hybridized carbons (Fsp3) is 0.273. The van der Waals surface area contributed by atoms with Crippen molar-refractivity contribution in [2.24, 2.45) is 0 Å². The van der Waals surface area contributed by atoms with Crippen LogP contribution in [-0.4, -0.2) is 36.1 Å². The molecule has 0 amide bonds. The molecule has 1 aromatic heterocycles. The molecule has 0 spiro atoms. The van der Waals surface area contributed by atoms with Gasteiger partial charge in [-0.1, -0.05) is 30.3 Å². The summed E-state index contributed by atoms with van der Waals surface area (Å²) in [5.74, 6) is 0.620. The van der Waals surface area contributed by atoms with Crippen LogP contribution in [0.5, 0.6) is 0 Å². The minimum Gasteiger partial charge on any atom is -0.447 e. The smallest absolute Gasteiger partial charge is 0.416 e. The Morgan fingerprint density at radius 2 is 1.77 bits per heavy atom. The number of hydrogen-bond donors (Lipinski definition) is 0. The highest BCUT2D eigenvalue weighted by molar-refractivity contribution is 5.61. The Labute approximate surface area is 172 Å². The van der Waals surface area contributed by atoms with E-state index in [0.29, 0.717) is 44.3 Å². The van der Waals surface area contributed by atoms with E-state index < -0.39 is 11.7 Å². The van der Waals surface area contributed by atoms with Crippen molar-refractivity contribution in [3.05, 3.63) is 71.8 Å². The normalized spacial score (nSPS) is 15.2. The first-order valence-corrected chi connectivity index (χ1v) is 9.52. The van der Waals surface area contributed by atoms with Crippen LogP contribution in [-0.2, 0) is 12.7 Å². The molecule has 4 rings (SSSR count). The summed E-state index contributed by atoms with van der Waals surface area (Å²) in [7, 11) is 0. The monoisotopic (exact) mass is 412 g/mol. The molecule has 8 heteroatoms. The van der Waals surface area contributed by atoms with Crippen LogP contribution in [0.2, 0.25) is 0 Å². The number of halogens is 3. The van der Waals surface area contributed by atoms with Crippen LogP contribution in [0.25, 0.3) is 11.3 Å². The minimum absolute atomic E-state index is 0.0403. The predicted molar refractivity (Wildman–Crippen MR) is 106 cm³/mol. The topological polar surface area (TPSA) is 56.3 Å². The van der Waals surface area contributed by atoms with Gasteiger partial charge in [0.2, 0.25) is 5.89 Å². The quantitative estimate of drug-likeness (QED) is 0.629. The zero-order valence-electron chi connectivity index (χ0n) is 16.1. The number of piperazine rings is 1. The zero-order chi connectivity index (χ0) is 21.1. The van der Waals surface area contributed by atoms with E-state index in [2.05, 4.69) is 9.88 Å². The molecule has 0 atom stereocenters. The van der Waals surface area contributed by atoms with E-state index in [4.69, 9.17) is 4.42 Å². The molecule has 0 bridgehead atoms. The molecule has 0 aliphatic carbocycles. The van der Waals surface area contributed by atoms with Gasteiger partial charge in [-0.25, -0.2) is 4.98 Å². The number of oxazole rings is 1. The van der Waals surface area contributed by atoms with Gasteiger partial charge in [-0.05, 0) is 18.2 Å². The molecule has 2 aromatic carbocycles. The molecule has 0 N–H and O–H groups in total. The van der Waals surface area contributed by atoms with Crippen LogP contribution in [0.3, 0.4) is 0 Å². The second kappa shape index (κ2) is 8.20. The van der Waals surface area contributed by atoms with Crippen LogP contribution < -0.4 is 4.90 Å². The molecule has 30 heavy (non-hydrogen) atoms. The molecular formula is C22H19F3N4O. The van der Waals surface area contributed by atoms with Gasteiger partial charge in [0.25, 0.3) is 0 Å². The average molecular weight is 412 g/mol. The second-order valence-electron chi connectivity index (χ2n) is 7.10. The van der Waals surface area contributed by atoms with Crippen molar-refractivity contribution in [2.75, 3.05) is 31.1 Å². The third-order valence-corrected chi connectivity index (χ3v) is 5.14. The summed E-state index contributed by atoms with van der Waals surface area (Å²) >= 11 is 0. The number of rotatable bonds is 4. The summed E-state index contributed by atoms with van der Waals surface area (Å²) < 4.78 is 44.3. The Morgan fingerprint density at radius 3 is 2.43 bits per heavy atom. The molecule has 154 valence electrons. The van der Waals surface area contributed by atoms with Gasteiger partial charge < -0.3 is 9.32 Å². The molecular weight excluding hydrogens is 393 g/mol. The third-order valence-electron chi connectivity index (χ3n) is 5.14. The fourth-order valence-electron chi connectivity index (χ4n) is 3.54. The Balaban J connectivity index is 1.39. The first-order chi connectivity index (χ1) is 14.4. The van der Waals surface area contributed by atoms with Crippen LogP contribution in [0.4, 0.5) is 18.9 Å². The van der Waals surface area contributed by atoms with Crippen LogP contribution >= 0.6 is 0 Å². The lowest BCUT2D eigenvalue weighted by Gasteiger charge is -2.36. The standard InChI is InChI=1S/C22H19F3N4O/c23-22(24,25)18-6-7-20(17(12-18)13-26)29-10-8-28(9-11-29)14-21-27-19(15-30-21)16-4-2-1-3-5-16/h1-7,12,15H,8-11,14H2. The highest BCUT2D eigenvalue weighted by Crippen LogP contribution is 2.33. The maximum absolute atomic E-state index is 12.9. The van der Waals surface area contributed by atoms with Crippen molar-refractivity contribution in [2.45, 2.75) is 12.7 Å². The van der Waals surface area contributed by atoms with E-state index in [1.807, 2.05) is 41.3 Å². The van der Waals surface area contributed by atoms with E-state index in [0.717, 1.165) is 23.4 Å². The molecule has 1 aliphatic rings. The van der Waals surface area contributed by atoms with Gasteiger partial charge in [0, 0.05) is 31.7 Å². The molecule has 1 aliphatic heterocycles. The Hall–Kier alpha value is -3.31. The predicted octanol–water partition coefficient (Wildman–Crippen LogP) is 4.55. The molecule has 0 saturated carbocycles. The number of aromatic nitrogens is 1. The molecule has 0 unspecified atom stereocenters. The van der Waals surface area contributed by atoms with Gasteiger partial charge in [0.15, 0.2) is 0 Å². The lowest BCUT2D eigenvalue weighted by atomic mass is 10.1. The SMILES string of the molecule is N#Cc1cc(C(F)(F)F)ccc1N1CCN(Cc2nc(-c3ccccc3)co2)CC1. The van der Waals surface area contributed by atoms with E-state index in [-0.39, 0.29) is 5.56 Å². The lowest BCUT2D eigenvalue weighted by Crippen LogP contribution is -2.46. The molecule has 1 saturated heterocycles. The molecule has 2 heterocycles. The second-order valence-corrected chi connectivity index (χ2v) is 7.10. The van der Waals surface area contributed by atoms with Crippen molar-refractivity contribution >= 4 is 5.69 Å². The highest BCUT2D eigenvalue weighted by Gasteiger charge is 2.31. The van der Waals surface area contributed by atoms with Gasteiger partial charge in [-0.2, -0.15) is 18.4 Å². The van der Waals surface area contributed by atoms with Crippen LogP contribution in [0, 0.1) is 11.3 Å². The summed E-state index contributed by atoms with van der Waals surface area (Å²) in [4.78, 5) is 8.66. The summed E-state index contributed by atoms with van der Waals surface area (Å²) in [5.41, 5.74) is 1.54. The van der Waals surface area contributed by atoms with Gasteiger partial charge in [-0.3, -0.25) is 4.90 Å². The van der Waals surface area contributed by atoms with Gasteiger partial charge in [-0.15, -0.1) is 0 Å². The van der Waals surface area contributed by atoms with E-state index in [1.54, 1.807) is 6.26 Å². The number of alkyl halides is 3. The first kappa shape index (κ1) is 20.0. The van der Waals surface area contributed by atoms with E-state index in [9.17, 15) is 18.4 Å². The number of nitrogens with zero attached hydrogens (tertiary/aromatic N) is 4. The van der Waals surface area contributed by atoms with Gasteiger partial charge in [0.1, 0.15) is 18.0 Å². The van der Waals surface area contributed by atoms with E-state index in [1.165, 1.54) is 6.07 Å². The van der Waals surface area contributed by atoms with Crippen molar-refractivity contribution in [3.63, 3.8) is 0 Å². The Bertz CT molecular complexity index is 1050. The number of benzene rings is 2. The molecule has 0 radical (unpaired) electrons. The maximum Gasteiger partial charge on any atom is 0.416 e. The minimum atomic E-state index is -4.46. The molecule has 1 fully saturated rings. The van der Waals surface area contributed by atoms with Crippen molar-refractivity contribution in [1.29, 1.82) is 5.26 Å². The van der Waals surface area contributed by atoms with Crippen LogP contribution in [0.15, 0.2) is 59.2 Å². The Morgan fingerprint density at radius 1 is 1.03 bits per heavy atom. The van der Waals surface area contributed by atoms with Gasteiger partial charge >= 0.3 is 6.18 Å². The van der Waals surface area contributed by atoms with Crippen molar-refractivity contribution < 1.29 is 17.6 Å². The van der Waals surface area contributed by atoms with Crippen LogP contribution in [0.1, 0.15) is 17.0 Å². The summed E-state index contributed by atoms with van der Waals surface area (Å²) in [6.45, 7) is 3.14. The van der Waals surface area contributed by atoms with E-state index >= 15 is 0 Å².